The molecule has 0 aliphatic carbocycles. The SMILES string of the molecule is O=C(O)CCOCC(COCCC(=O)O)(COCCC(=O)O)NC(=O)CNC(=O)OCc1ccccc1. The summed E-state index contributed by atoms with van der Waals surface area (Å²) in [7, 11) is 0. The summed E-state index contributed by atoms with van der Waals surface area (Å²) in [4.78, 5) is 56.9. The molecule has 206 valence electrons. The van der Waals surface area contributed by atoms with E-state index >= 15 is 0 Å². The van der Waals surface area contributed by atoms with E-state index in [1.165, 1.54) is 0 Å². The highest BCUT2D eigenvalue weighted by molar-refractivity contribution is 5.82. The van der Waals surface area contributed by atoms with Crippen LogP contribution in [0.1, 0.15) is 24.8 Å². The van der Waals surface area contributed by atoms with Crippen molar-refractivity contribution >= 4 is 29.9 Å². The normalized spacial score (nSPS) is 10.9. The molecule has 0 unspecified atom stereocenters. The highest BCUT2D eigenvalue weighted by Gasteiger charge is 2.34. The number of amides is 2. The number of benzene rings is 1. The van der Waals surface area contributed by atoms with Crippen molar-refractivity contribution in [2.45, 2.75) is 31.4 Å². The topological polar surface area (TPSA) is 207 Å². The van der Waals surface area contributed by atoms with Gasteiger partial charge in [-0.05, 0) is 5.56 Å². The van der Waals surface area contributed by atoms with Crippen molar-refractivity contribution < 1.29 is 58.2 Å². The second kappa shape index (κ2) is 17.6. The van der Waals surface area contributed by atoms with Crippen LogP contribution < -0.4 is 10.6 Å². The Bertz CT molecular complexity index is 823. The lowest BCUT2D eigenvalue weighted by atomic mass is 10.0. The first-order chi connectivity index (χ1) is 17.6. The standard InChI is InChI=1S/C23H32N2O12/c26-18(12-24-22(33)37-13-17-4-2-1-3-5-17)25-23(14-34-9-6-19(27)28,15-35-10-7-20(29)30)16-36-11-8-21(31)32/h1-5H,6-16H2,(H,24,33)(H,25,26)(H,27,28)(H,29,30)(H,31,32). The predicted octanol–water partition coefficient (Wildman–Crippen LogP) is 0.242. The van der Waals surface area contributed by atoms with E-state index in [-0.39, 0.29) is 65.5 Å². The Kier molecular flexibility index (Phi) is 14.9. The maximum atomic E-state index is 12.6. The van der Waals surface area contributed by atoms with Gasteiger partial charge in [-0.2, -0.15) is 0 Å². The van der Waals surface area contributed by atoms with Crippen LogP contribution in [0.25, 0.3) is 0 Å². The number of alkyl carbamates (subject to hydrolysis) is 1. The minimum absolute atomic E-state index is 0.00944. The zero-order valence-corrected chi connectivity index (χ0v) is 20.2. The van der Waals surface area contributed by atoms with E-state index < -0.39 is 42.0 Å². The number of hydrogen-bond donors (Lipinski definition) is 5. The zero-order chi connectivity index (χ0) is 27.5. The third kappa shape index (κ3) is 15.8. The predicted molar refractivity (Wildman–Crippen MR) is 125 cm³/mol. The van der Waals surface area contributed by atoms with Gasteiger partial charge in [0.25, 0.3) is 0 Å². The van der Waals surface area contributed by atoms with Gasteiger partial charge in [0.2, 0.25) is 5.91 Å². The number of carbonyl (C=O) groups excluding carboxylic acids is 2. The van der Waals surface area contributed by atoms with Crippen LogP contribution in [0.2, 0.25) is 0 Å². The molecule has 0 heterocycles. The van der Waals surface area contributed by atoms with E-state index in [0.717, 1.165) is 5.56 Å². The summed E-state index contributed by atoms with van der Waals surface area (Å²) in [6.07, 6.45) is -1.81. The summed E-state index contributed by atoms with van der Waals surface area (Å²) in [5.74, 6) is -4.03. The van der Waals surface area contributed by atoms with Crippen LogP contribution in [0.15, 0.2) is 30.3 Å². The van der Waals surface area contributed by atoms with Crippen molar-refractivity contribution in [1.29, 1.82) is 0 Å². The molecule has 2 amide bonds. The average Bonchev–Trinajstić information content (AvgIpc) is 2.85. The monoisotopic (exact) mass is 528 g/mol. The van der Waals surface area contributed by atoms with Crippen LogP contribution in [0.4, 0.5) is 4.79 Å². The van der Waals surface area contributed by atoms with Gasteiger partial charge in [0.15, 0.2) is 0 Å². The Labute approximate surface area is 212 Å². The number of ether oxygens (including phenoxy) is 4. The van der Waals surface area contributed by atoms with Crippen molar-refractivity contribution in [3.8, 4) is 0 Å². The lowest BCUT2D eigenvalue weighted by Crippen LogP contribution is -2.60. The van der Waals surface area contributed by atoms with Crippen LogP contribution in [0.3, 0.4) is 0 Å². The molecule has 14 nitrogen and oxygen atoms in total. The summed E-state index contributed by atoms with van der Waals surface area (Å²) in [5.41, 5.74) is -0.695. The van der Waals surface area contributed by atoms with Crippen LogP contribution in [0.5, 0.6) is 0 Å². The van der Waals surface area contributed by atoms with E-state index in [0.29, 0.717) is 0 Å². The first-order valence-electron chi connectivity index (χ1n) is 11.3. The van der Waals surface area contributed by atoms with Crippen molar-refractivity contribution in [3.63, 3.8) is 0 Å². The highest BCUT2D eigenvalue weighted by atomic mass is 16.5. The summed E-state index contributed by atoms with van der Waals surface area (Å²) < 4.78 is 21.2. The third-order valence-electron chi connectivity index (χ3n) is 4.53. The number of carboxylic acid groups (broad SMARTS) is 3. The Hall–Kier alpha value is -3.75. The van der Waals surface area contributed by atoms with E-state index in [1.54, 1.807) is 24.3 Å². The Morgan fingerprint density at radius 3 is 1.62 bits per heavy atom. The lowest BCUT2D eigenvalue weighted by molar-refractivity contribution is -0.139. The van der Waals surface area contributed by atoms with Gasteiger partial charge in [-0.3, -0.25) is 19.2 Å². The minimum atomic E-state index is -1.44. The molecule has 0 aromatic heterocycles. The number of hydrogen-bond acceptors (Lipinski definition) is 9. The zero-order valence-electron chi connectivity index (χ0n) is 20.2. The molecule has 0 radical (unpaired) electrons. The fourth-order valence-electron chi connectivity index (χ4n) is 2.78. The van der Waals surface area contributed by atoms with Gasteiger partial charge in [-0.1, -0.05) is 30.3 Å². The molecule has 0 fully saturated rings. The van der Waals surface area contributed by atoms with Gasteiger partial charge in [0.1, 0.15) is 18.7 Å². The molecule has 0 aliphatic rings. The number of nitrogens with one attached hydrogen (secondary N) is 2. The number of rotatable bonds is 20. The van der Waals surface area contributed by atoms with E-state index in [1.807, 2.05) is 6.07 Å². The van der Waals surface area contributed by atoms with Gasteiger partial charge < -0.3 is 44.9 Å². The van der Waals surface area contributed by atoms with Gasteiger partial charge in [0, 0.05) is 0 Å². The highest BCUT2D eigenvalue weighted by Crippen LogP contribution is 2.10. The van der Waals surface area contributed by atoms with Crippen molar-refractivity contribution in [1.82, 2.24) is 10.6 Å². The van der Waals surface area contributed by atoms with Crippen molar-refractivity contribution in [3.05, 3.63) is 35.9 Å². The molecule has 0 atom stereocenters. The molecule has 1 aromatic rings. The first-order valence-corrected chi connectivity index (χ1v) is 11.3. The van der Waals surface area contributed by atoms with Gasteiger partial charge in [-0.15, -0.1) is 0 Å². The largest absolute Gasteiger partial charge is 0.481 e. The van der Waals surface area contributed by atoms with Crippen LogP contribution in [0, 0.1) is 0 Å². The van der Waals surface area contributed by atoms with Crippen LogP contribution in [-0.2, 0) is 44.7 Å². The number of aliphatic carboxylic acids is 3. The average molecular weight is 529 g/mol. The second-order valence-electron chi connectivity index (χ2n) is 7.83. The van der Waals surface area contributed by atoms with Crippen molar-refractivity contribution in [2.75, 3.05) is 46.2 Å². The molecular formula is C23H32N2O12. The molecule has 14 heteroatoms. The molecule has 1 aromatic carbocycles. The Morgan fingerprint density at radius 2 is 1.19 bits per heavy atom. The van der Waals surface area contributed by atoms with E-state index in [4.69, 9.17) is 34.3 Å². The van der Waals surface area contributed by atoms with Gasteiger partial charge in [-0.25, -0.2) is 4.79 Å². The maximum absolute atomic E-state index is 12.6. The molecule has 1 rings (SSSR count). The quantitative estimate of drug-likeness (QED) is 0.144. The molecular weight excluding hydrogens is 496 g/mol. The summed E-state index contributed by atoms with van der Waals surface area (Å²) in [6.45, 7) is -2.04. The maximum Gasteiger partial charge on any atom is 0.407 e. The molecule has 0 aliphatic heterocycles. The molecule has 37 heavy (non-hydrogen) atoms. The van der Waals surface area contributed by atoms with E-state index in [2.05, 4.69) is 10.6 Å². The van der Waals surface area contributed by atoms with Gasteiger partial charge >= 0.3 is 24.0 Å². The Morgan fingerprint density at radius 1 is 0.730 bits per heavy atom. The minimum Gasteiger partial charge on any atom is -0.481 e. The molecule has 0 spiro atoms. The number of carbonyl (C=O) groups is 5. The molecule has 0 saturated heterocycles. The lowest BCUT2D eigenvalue weighted by Gasteiger charge is -2.34. The van der Waals surface area contributed by atoms with Crippen molar-refractivity contribution in [2.24, 2.45) is 0 Å². The summed E-state index contributed by atoms with van der Waals surface area (Å²) >= 11 is 0. The summed E-state index contributed by atoms with van der Waals surface area (Å²) in [6, 6.07) is 8.88. The molecule has 0 saturated carbocycles. The van der Waals surface area contributed by atoms with Gasteiger partial charge in [0.05, 0.1) is 58.9 Å². The smallest absolute Gasteiger partial charge is 0.407 e. The van der Waals surface area contributed by atoms with Crippen LogP contribution in [-0.4, -0.2) is 97.0 Å². The fourth-order valence-corrected chi connectivity index (χ4v) is 2.78. The molecule has 5 N–H and O–H groups in total. The van der Waals surface area contributed by atoms with Crippen LogP contribution >= 0.6 is 0 Å². The fraction of sp³-hybridized carbons (Fsp3) is 0.522. The third-order valence-corrected chi connectivity index (χ3v) is 4.53. The second-order valence-corrected chi connectivity index (χ2v) is 7.83. The molecule has 0 bridgehead atoms. The summed E-state index contributed by atoms with van der Waals surface area (Å²) in [5, 5.41) is 31.3. The first kappa shape index (κ1) is 31.3. The number of carboxylic acids is 3. The Balaban J connectivity index is 2.78. The van der Waals surface area contributed by atoms with E-state index in [9.17, 15) is 24.0 Å².